The van der Waals surface area contributed by atoms with Crippen LogP contribution in [0.3, 0.4) is 0 Å². The summed E-state index contributed by atoms with van der Waals surface area (Å²) in [5, 5.41) is 4.02. The molecule has 0 aliphatic carbocycles. The van der Waals surface area contributed by atoms with Gasteiger partial charge in [-0.05, 0) is 41.8 Å². The summed E-state index contributed by atoms with van der Waals surface area (Å²) in [6.07, 6.45) is 0.327. The molecule has 0 radical (unpaired) electrons. The molecule has 27 heavy (non-hydrogen) atoms. The lowest BCUT2D eigenvalue weighted by Crippen LogP contribution is -2.24. The summed E-state index contributed by atoms with van der Waals surface area (Å²) < 4.78 is 18.7. The zero-order valence-corrected chi connectivity index (χ0v) is 15.2. The van der Waals surface area contributed by atoms with E-state index in [2.05, 4.69) is 36.1 Å². The fraction of sp³-hybridized carbons (Fsp3) is 0.286. The molecule has 3 aromatic rings. The van der Waals surface area contributed by atoms with Crippen LogP contribution in [0.5, 0.6) is 0 Å². The smallest absolute Gasteiger partial charge is 0.258 e. The van der Waals surface area contributed by atoms with Crippen molar-refractivity contribution in [1.82, 2.24) is 10.1 Å². The normalized spacial score (nSPS) is 17.1. The molecule has 1 amide bonds. The van der Waals surface area contributed by atoms with Gasteiger partial charge in [0, 0.05) is 30.1 Å². The highest BCUT2D eigenvalue weighted by molar-refractivity contribution is 5.96. The van der Waals surface area contributed by atoms with Crippen molar-refractivity contribution >= 4 is 11.6 Å². The van der Waals surface area contributed by atoms with Gasteiger partial charge in [-0.25, -0.2) is 4.39 Å². The molecule has 2 aromatic carbocycles. The van der Waals surface area contributed by atoms with E-state index in [0.717, 1.165) is 5.69 Å². The fourth-order valence-electron chi connectivity index (χ4n) is 3.31. The Morgan fingerprint density at radius 3 is 2.67 bits per heavy atom. The van der Waals surface area contributed by atoms with Crippen LogP contribution in [0.1, 0.15) is 43.5 Å². The first kappa shape index (κ1) is 17.4. The van der Waals surface area contributed by atoms with Crippen molar-refractivity contribution in [2.45, 2.75) is 32.1 Å². The largest absolute Gasteiger partial charge is 0.334 e. The number of benzene rings is 2. The molecule has 0 saturated carbocycles. The Balaban J connectivity index is 1.52. The molecule has 1 aromatic heterocycles. The lowest BCUT2D eigenvalue weighted by molar-refractivity contribution is -0.117. The summed E-state index contributed by atoms with van der Waals surface area (Å²) in [4.78, 5) is 18.6. The molecule has 5 nitrogen and oxygen atoms in total. The molecular formula is C21H20FN3O2. The van der Waals surface area contributed by atoms with Gasteiger partial charge in [-0.3, -0.25) is 4.79 Å². The Labute approximate surface area is 156 Å². The van der Waals surface area contributed by atoms with Crippen LogP contribution >= 0.6 is 0 Å². The molecule has 1 aliphatic rings. The van der Waals surface area contributed by atoms with E-state index >= 15 is 0 Å². The molecule has 0 spiro atoms. The quantitative estimate of drug-likeness (QED) is 0.682. The third-order valence-corrected chi connectivity index (χ3v) is 4.87. The van der Waals surface area contributed by atoms with Gasteiger partial charge in [-0.15, -0.1) is 0 Å². The molecule has 138 valence electrons. The minimum atomic E-state index is -0.362. The average molecular weight is 365 g/mol. The monoisotopic (exact) mass is 365 g/mol. The van der Waals surface area contributed by atoms with Crippen LogP contribution in [0.4, 0.5) is 10.1 Å². The zero-order valence-electron chi connectivity index (χ0n) is 15.2. The molecule has 1 unspecified atom stereocenters. The number of anilines is 1. The summed E-state index contributed by atoms with van der Waals surface area (Å²) in [5.74, 6) is 0.712. The SMILES string of the molecule is CC(C)c1ccc(N2CC(c3noc(-c4cccc(F)c4)n3)CC2=O)cc1. The van der Waals surface area contributed by atoms with E-state index in [1.807, 2.05) is 12.1 Å². The molecule has 1 fully saturated rings. The molecule has 1 aliphatic heterocycles. The number of amides is 1. The van der Waals surface area contributed by atoms with E-state index in [-0.39, 0.29) is 23.5 Å². The topological polar surface area (TPSA) is 59.2 Å². The lowest BCUT2D eigenvalue weighted by Gasteiger charge is -2.17. The predicted molar refractivity (Wildman–Crippen MR) is 99.9 cm³/mol. The van der Waals surface area contributed by atoms with E-state index in [4.69, 9.17) is 4.52 Å². The summed E-state index contributed by atoms with van der Waals surface area (Å²) in [5.41, 5.74) is 2.64. The van der Waals surface area contributed by atoms with E-state index in [0.29, 0.717) is 30.3 Å². The number of hydrogen-bond acceptors (Lipinski definition) is 4. The average Bonchev–Trinajstić information content (AvgIpc) is 3.29. The molecule has 2 heterocycles. The second kappa shape index (κ2) is 6.95. The van der Waals surface area contributed by atoms with Crippen molar-refractivity contribution < 1.29 is 13.7 Å². The van der Waals surface area contributed by atoms with Crippen molar-refractivity contribution in [2.75, 3.05) is 11.4 Å². The van der Waals surface area contributed by atoms with Crippen molar-refractivity contribution in [3.8, 4) is 11.5 Å². The molecule has 0 N–H and O–H groups in total. The Morgan fingerprint density at radius 2 is 1.96 bits per heavy atom. The Hall–Kier alpha value is -3.02. The Kier molecular flexibility index (Phi) is 4.48. The summed E-state index contributed by atoms with van der Waals surface area (Å²) in [6.45, 7) is 4.78. The van der Waals surface area contributed by atoms with Gasteiger partial charge in [0.05, 0.1) is 0 Å². The first-order chi connectivity index (χ1) is 13.0. The molecule has 0 bridgehead atoms. The maximum Gasteiger partial charge on any atom is 0.258 e. The van der Waals surface area contributed by atoms with Crippen molar-refractivity contribution in [2.24, 2.45) is 0 Å². The second-order valence-electron chi connectivity index (χ2n) is 7.12. The highest BCUT2D eigenvalue weighted by Crippen LogP contribution is 2.32. The number of halogens is 1. The number of nitrogens with zero attached hydrogens (tertiary/aromatic N) is 3. The van der Waals surface area contributed by atoms with Crippen molar-refractivity contribution in [3.05, 3.63) is 65.7 Å². The van der Waals surface area contributed by atoms with Gasteiger partial charge in [0.25, 0.3) is 5.89 Å². The van der Waals surface area contributed by atoms with Crippen LogP contribution in [0, 0.1) is 5.82 Å². The van der Waals surface area contributed by atoms with Crippen LogP contribution in [-0.2, 0) is 4.79 Å². The third kappa shape index (κ3) is 3.47. The van der Waals surface area contributed by atoms with Crippen molar-refractivity contribution in [3.63, 3.8) is 0 Å². The molecule has 4 rings (SSSR count). The van der Waals surface area contributed by atoms with E-state index in [1.165, 1.54) is 17.7 Å². The first-order valence-electron chi connectivity index (χ1n) is 9.01. The highest BCUT2D eigenvalue weighted by atomic mass is 19.1. The van der Waals surface area contributed by atoms with Crippen LogP contribution in [0.2, 0.25) is 0 Å². The standard InChI is InChI=1S/C21H20FN3O2/c1-13(2)14-6-8-18(9-7-14)25-12-16(11-19(25)26)20-23-21(27-24-20)15-4-3-5-17(22)10-15/h3-10,13,16H,11-12H2,1-2H3. The van der Waals surface area contributed by atoms with Crippen molar-refractivity contribution in [1.29, 1.82) is 0 Å². The minimum absolute atomic E-state index is 0.0365. The number of carbonyl (C=O) groups is 1. The minimum Gasteiger partial charge on any atom is -0.334 e. The van der Waals surface area contributed by atoms with E-state index in [1.54, 1.807) is 17.0 Å². The van der Waals surface area contributed by atoms with Gasteiger partial charge in [0.2, 0.25) is 5.91 Å². The number of rotatable bonds is 4. The predicted octanol–water partition coefficient (Wildman–Crippen LogP) is 4.52. The van der Waals surface area contributed by atoms with Crippen LogP contribution in [0.15, 0.2) is 53.1 Å². The highest BCUT2D eigenvalue weighted by Gasteiger charge is 2.34. The second-order valence-corrected chi connectivity index (χ2v) is 7.12. The Bertz CT molecular complexity index is 966. The van der Waals surface area contributed by atoms with Gasteiger partial charge in [0.15, 0.2) is 5.82 Å². The lowest BCUT2D eigenvalue weighted by atomic mass is 10.0. The maximum absolute atomic E-state index is 13.4. The zero-order chi connectivity index (χ0) is 19.0. The van der Waals surface area contributed by atoms with Crippen LogP contribution in [0.25, 0.3) is 11.5 Å². The first-order valence-corrected chi connectivity index (χ1v) is 9.01. The van der Waals surface area contributed by atoms with E-state index in [9.17, 15) is 9.18 Å². The summed E-state index contributed by atoms with van der Waals surface area (Å²) in [6, 6.07) is 14.1. The van der Waals surface area contributed by atoms with E-state index < -0.39 is 0 Å². The summed E-state index contributed by atoms with van der Waals surface area (Å²) in [7, 11) is 0. The Morgan fingerprint density at radius 1 is 1.19 bits per heavy atom. The summed E-state index contributed by atoms with van der Waals surface area (Å²) >= 11 is 0. The number of aromatic nitrogens is 2. The molecule has 1 saturated heterocycles. The van der Waals surface area contributed by atoms with Gasteiger partial charge >= 0.3 is 0 Å². The number of carbonyl (C=O) groups excluding carboxylic acids is 1. The molecule has 1 atom stereocenters. The fourth-order valence-corrected chi connectivity index (χ4v) is 3.31. The van der Waals surface area contributed by atoms with Crippen LogP contribution in [-0.4, -0.2) is 22.6 Å². The molecular weight excluding hydrogens is 345 g/mol. The van der Waals surface area contributed by atoms with Gasteiger partial charge in [-0.1, -0.05) is 37.2 Å². The van der Waals surface area contributed by atoms with Gasteiger partial charge in [0.1, 0.15) is 5.82 Å². The maximum atomic E-state index is 13.4. The molecule has 6 heteroatoms. The van der Waals surface area contributed by atoms with Crippen LogP contribution < -0.4 is 4.90 Å². The van der Waals surface area contributed by atoms with Gasteiger partial charge in [-0.2, -0.15) is 4.98 Å². The van der Waals surface area contributed by atoms with Gasteiger partial charge < -0.3 is 9.42 Å². The number of hydrogen-bond donors (Lipinski definition) is 0. The third-order valence-electron chi connectivity index (χ3n) is 4.87.